The van der Waals surface area contributed by atoms with Gasteiger partial charge in [-0.1, -0.05) is 6.07 Å². The van der Waals surface area contributed by atoms with Crippen LogP contribution in [-0.4, -0.2) is 57.8 Å². The third-order valence-electron chi connectivity index (χ3n) is 3.78. The van der Waals surface area contributed by atoms with Crippen molar-refractivity contribution in [3.63, 3.8) is 0 Å². The predicted molar refractivity (Wildman–Crippen MR) is 111 cm³/mol. The fraction of sp³-hybridized carbons (Fsp3) is 0.588. The van der Waals surface area contributed by atoms with E-state index in [1.807, 2.05) is 18.2 Å². The number of hydrogen-bond donors (Lipinski definition) is 2. The van der Waals surface area contributed by atoms with Crippen molar-refractivity contribution in [3.8, 4) is 11.5 Å². The molecule has 0 spiro atoms. The number of likely N-dealkylation sites (N-methyl/N-ethyl adjacent to an activating group) is 1. The molecule has 0 fully saturated rings. The van der Waals surface area contributed by atoms with E-state index in [0.717, 1.165) is 36.6 Å². The van der Waals surface area contributed by atoms with Gasteiger partial charge >= 0.3 is 0 Å². The minimum absolute atomic E-state index is 0. The average molecular weight is 450 g/mol. The topological polar surface area (TPSA) is 72.1 Å². The summed E-state index contributed by atoms with van der Waals surface area (Å²) in [7, 11) is 5.35. The molecule has 0 radical (unpaired) electrons. The molecule has 0 saturated carbocycles. The lowest BCUT2D eigenvalue weighted by atomic mass is 10.1. The Kier molecular flexibility index (Phi) is 11.6. The van der Waals surface area contributed by atoms with Crippen LogP contribution in [0.4, 0.5) is 0 Å². The van der Waals surface area contributed by atoms with Gasteiger partial charge in [0.25, 0.3) is 0 Å². The smallest absolute Gasteiger partial charge is 0.188 e. The van der Waals surface area contributed by atoms with Crippen LogP contribution in [0.15, 0.2) is 23.2 Å². The molecule has 0 aliphatic heterocycles. The Balaban J connectivity index is 0.00000529. The zero-order valence-corrected chi connectivity index (χ0v) is 17.7. The van der Waals surface area contributed by atoms with Gasteiger partial charge in [0, 0.05) is 19.1 Å². The van der Waals surface area contributed by atoms with Crippen molar-refractivity contribution < 1.29 is 9.47 Å². The lowest BCUT2D eigenvalue weighted by Gasteiger charge is -2.19. The number of rotatable bonds is 9. The van der Waals surface area contributed by atoms with Crippen molar-refractivity contribution in [2.45, 2.75) is 26.3 Å². The summed E-state index contributed by atoms with van der Waals surface area (Å²) >= 11 is 0. The summed E-state index contributed by atoms with van der Waals surface area (Å²) < 4.78 is 10.5. The molecule has 1 rings (SSSR count). The van der Waals surface area contributed by atoms with Gasteiger partial charge < -0.3 is 25.4 Å². The summed E-state index contributed by atoms with van der Waals surface area (Å²) in [6.07, 6.45) is 0.836. The van der Waals surface area contributed by atoms with E-state index in [-0.39, 0.29) is 24.0 Å². The standard InChI is InChI=1S/C17H30N4O2.HI/c1-13(2)21(3)11-10-20-17(18)19-9-8-14-6-7-15(22-4)16(12-14)23-5;/h6-7,12-13H,8-11H2,1-5H3,(H3,18,19,20);1H. The number of nitrogens with one attached hydrogen (secondary N) is 1. The number of aliphatic imine (C=N–C) groups is 1. The van der Waals surface area contributed by atoms with Crippen molar-refractivity contribution in [1.29, 1.82) is 0 Å². The van der Waals surface area contributed by atoms with Crippen LogP contribution in [-0.2, 0) is 6.42 Å². The molecule has 0 heterocycles. The molecule has 0 aromatic heterocycles. The Morgan fingerprint density at radius 3 is 2.50 bits per heavy atom. The Labute approximate surface area is 162 Å². The van der Waals surface area contributed by atoms with Gasteiger partial charge in [-0.15, -0.1) is 24.0 Å². The lowest BCUT2D eigenvalue weighted by Crippen LogP contribution is -2.35. The van der Waals surface area contributed by atoms with Gasteiger partial charge in [0.1, 0.15) is 0 Å². The van der Waals surface area contributed by atoms with Gasteiger partial charge in [0.15, 0.2) is 17.5 Å². The molecule has 0 unspecified atom stereocenters. The maximum absolute atomic E-state index is 5.88. The molecule has 0 aliphatic rings. The van der Waals surface area contributed by atoms with Gasteiger partial charge in [0.05, 0.1) is 20.8 Å². The van der Waals surface area contributed by atoms with E-state index in [2.05, 4.69) is 36.1 Å². The maximum Gasteiger partial charge on any atom is 0.188 e. The van der Waals surface area contributed by atoms with E-state index in [1.54, 1.807) is 14.2 Å². The molecule has 24 heavy (non-hydrogen) atoms. The summed E-state index contributed by atoms with van der Waals surface area (Å²) in [5, 5.41) is 3.14. The first-order valence-electron chi connectivity index (χ1n) is 7.92. The van der Waals surface area contributed by atoms with E-state index in [4.69, 9.17) is 15.2 Å². The third-order valence-corrected chi connectivity index (χ3v) is 3.78. The SMILES string of the molecule is COc1ccc(CCNC(N)=NCCN(C)C(C)C)cc1OC.I. The molecular formula is C17H31IN4O2. The van der Waals surface area contributed by atoms with Gasteiger partial charge in [-0.2, -0.15) is 0 Å². The Hall–Kier alpha value is -1.22. The Morgan fingerprint density at radius 1 is 1.25 bits per heavy atom. The first-order valence-corrected chi connectivity index (χ1v) is 7.92. The van der Waals surface area contributed by atoms with Crippen molar-refractivity contribution in [2.75, 3.05) is 40.9 Å². The van der Waals surface area contributed by atoms with Gasteiger partial charge in [-0.25, -0.2) is 0 Å². The molecule has 138 valence electrons. The Morgan fingerprint density at radius 2 is 1.92 bits per heavy atom. The molecule has 0 amide bonds. The number of hydrogen-bond acceptors (Lipinski definition) is 4. The normalized spacial score (nSPS) is 11.4. The monoisotopic (exact) mass is 450 g/mol. The van der Waals surface area contributed by atoms with E-state index in [0.29, 0.717) is 18.5 Å². The number of guanidine groups is 1. The number of halogens is 1. The summed E-state index contributed by atoms with van der Waals surface area (Å²) in [5.41, 5.74) is 7.03. The van der Waals surface area contributed by atoms with E-state index in [9.17, 15) is 0 Å². The summed E-state index contributed by atoms with van der Waals surface area (Å²) in [6, 6.07) is 6.43. The maximum atomic E-state index is 5.88. The third kappa shape index (κ3) is 8.05. The van der Waals surface area contributed by atoms with Crippen molar-refractivity contribution >= 4 is 29.9 Å². The number of ether oxygens (including phenoxy) is 2. The van der Waals surface area contributed by atoms with E-state index in [1.165, 1.54) is 0 Å². The van der Waals surface area contributed by atoms with Crippen molar-refractivity contribution in [1.82, 2.24) is 10.2 Å². The second kappa shape index (κ2) is 12.2. The summed E-state index contributed by atoms with van der Waals surface area (Å²) in [5.74, 6) is 1.96. The highest BCUT2D eigenvalue weighted by Gasteiger charge is 2.05. The van der Waals surface area contributed by atoms with Crippen LogP contribution in [0, 0.1) is 0 Å². The van der Waals surface area contributed by atoms with Crippen LogP contribution < -0.4 is 20.5 Å². The minimum atomic E-state index is 0. The number of nitrogens with zero attached hydrogens (tertiary/aromatic N) is 2. The molecule has 6 nitrogen and oxygen atoms in total. The molecule has 0 atom stereocenters. The molecular weight excluding hydrogens is 419 g/mol. The Bertz CT molecular complexity index is 509. The zero-order valence-electron chi connectivity index (χ0n) is 15.3. The molecule has 1 aromatic rings. The van der Waals surface area contributed by atoms with Crippen molar-refractivity contribution in [3.05, 3.63) is 23.8 Å². The van der Waals surface area contributed by atoms with E-state index >= 15 is 0 Å². The minimum Gasteiger partial charge on any atom is -0.493 e. The largest absolute Gasteiger partial charge is 0.493 e. The molecule has 7 heteroatoms. The first kappa shape index (κ1) is 22.8. The highest BCUT2D eigenvalue weighted by atomic mass is 127. The summed E-state index contributed by atoms with van der Waals surface area (Å²) in [4.78, 5) is 6.57. The first-order chi connectivity index (χ1) is 11.0. The number of methoxy groups -OCH3 is 2. The molecule has 1 aromatic carbocycles. The predicted octanol–water partition coefficient (Wildman–Crippen LogP) is 2.11. The van der Waals surface area contributed by atoms with Gasteiger partial charge in [0.2, 0.25) is 0 Å². The number of nitrogens with two attached hydrogens (primary N) is 1. The van der Waals surface area contributed by atoms with Crippen LogP contribution in [0.1, 0.15) is 19.4 Å². The second-order valence-electron chi connectivity index (χ2n) is 5.71. The fourth-order valence-corrected chi connectivity index (χ4v) is 2.01. The van der Waals surface area contributed by atoms with Crippen LogP contribution in [0.5, 0.6) is 11.5 Å². The van der Waals surface area contributed by atoms with Crippen LogP contribution >= 0.6 is 24.0 Å². The number of benzene rings is 1. The summed E-state index contributed by atoms with van der Waals surface area (Å²) in [6.45, 7) is 6.65. The lowest BCUT2D eigenvalue weighted by molar-refractivity contribution is 0.282. The zero-order chi connectivity index (χ0) is 17.2. The molecule has 0 bridgehead atoms. The molecule has 0 saturated heterocycles. The van der Waals surface area contributed by atoms with E-state index < -0.39 is 0 Å². The molecule has 3 N–H and O–H groups in total. The second-order valence-corrected chi connectivity index (χ2v) is 5.71. The van der Waals surface area contributed by atoms with Crippen LogP contribution in [0.25, 0.3) is 0 Å². The van der Waals surface area contributed by atoms with Crippen molar-refractivity contribution in [2.24, 2.45) is 10.7 Å². The molecule has 0 aliphatic carbocycles. The highest BCUT2D eigenvalue weighted by Crippen LogP contribution is 2.27. The van der Waals surface area contributed by atoms with Crippen LogP contribution in [0.3, 0.4) is 0 Å². The average Bonchev–Trinajstić information content (AvgIpc) is 2.54. The fourth-order valence-electron chi connectivity index (χ4n) is 2.01. The van der Waals surface area contributed by atoms with Crippen LogP contribution in [0.2, 0.25) is 0 Å². The van der Waals surface area contributed by atoms with Gasteiger partial charge in [-0.3, -0.25) is 4.99 Å². The van der Waals surface area contributed by atoms with Gasteiger partial charge in [-0.05, 0) is 45.0 Å². The quantitative estimate of drug-likeness (QED) is 0.343. The highest BCUT2D eigenvalue weighted by molar-refractivity contribution is 14.0.